The number of fused-ring (bicyclic) bond motifs is 9. The molecule has 0 bridgehead atoms. The van der Waals surface area contributed by atoms with Gasteiger partial charge in [-0.2, -0.15) is 5.26 Å². The molecular formula is C44H25F2N3. The van der Waals surface area contributed by atoms with E-state index in [1.54, 1.807) is 4.57 Å². The van der Waals surface area contributed by atoms with Gasteiger partial charge in [-0.1, -0.05) is 121 Å². The highest BCUT2D eigenvalue weighted by Crippen LogP contribution is 2.52. The predicted molar refractivity (Wildman–Crippen MR) is 193 cm³/mol. The van der Waals surface area contributed by atoms with Crippen molar-refractivity contribution in [3.8, 4) is 28.6 Å². The van der Waals surface area contributed by atoms with Gasteiger partial charge in [0.2, 0.25) is 0 Å². The molecule has 1 aliphatic carbocycles. The fraction of sp³-hybridized carbons (Fsp3) is 0.0227. The van der Waals surface area contributed by atoms with Gasteiger partial charge in [0.1, 0.15) is 17.4 Å². The first-order valence-electron chi connectivity index (χ1n) is 16.3. The fourth-order valence-corrected chi connectivity index (χ4v) is 8.27. The Morgan fingerprint density at radius 1 is 0.449 bits per heavy atom. The highest BCUT2D eigenvalue weighted by Gasteiger charge is 2.38. The Bertz CT molecular complexity index is 2730. The van der Waals surface area contributed by atoms with Crippen LogP contribution in [-0.4, -0.2) is 9.13 Å². The third-order valence-corrected chi connectivity index (χ3v) is 10.2. The van der Waals surface area contributed by atoms with E-state index >= 15 is 8.78 Å². The van der Waals surface area contributed by atoms with Gasteiger partial charge in [0.15, 0.2) is 11.6 Å². The zero-order chi connectivity index (χ0) is 32.8. The maximum atomic E-state index is 18.1. The van der Waals surface area contributed by atoms with Gasteiger partial charge in [-0.3, -0.25) is 0 Å². The van der Waals surface area contributed by atoms with Crippen LogP contribution in [0, 0.1) is 23.0 Å². The molecule has 0 aliphatic heterocycles. The minimum Gasteiger partial charge on any atom is -0.305 e. The maximum Gasteiger partial charge on any atom is 0.175 e. The lowest BCUT2D eigenvalue weighted by atomic mass is 9.84. The van der Waals surface area contributed by atoms with Crippen LogP contribution < -0.4 is 0 Å². The van der Waals surface area contributed by atoms with Crippen LogP contribution >= 0.6 is 0 Å². The van der Waals surface area contributed by atoms with E-state index in [9.17, 15) is 5.26 Å². The van der Waals surface area contributed by atoms with Crippen molar-refractivity contribution in [1.82, 2.24) is 9.13 Å². The van der Waals surface area contributed by atoms with Gasteiger partial charge >= 0.3 is 0 Å². The Hall–Kier alpha value is -6.51. The Balaban J connectivity index is 1.44. The standard InChI is InChI=1S/C44H25F2N3/c45-41-40(39-32-19-3-1-13-26(32)27-14-2-4-20-33(27)39)34(25-47)43(48-35-21-9-5-15-28(35)29-16-6-10-22-36(29)48)42(46)44(41)49-37-23-11-7-17-30(37)31-18-8-12-24-38(31)49/h1-24,39H. The number of halogens is 2. The summed E-state index contributed by atoms with van der Waals surface area (Å²) >= 11 is 0. The Morgan fingerprint density at radius 2 is 0.816 bits per heavy atom. The first-order chi connectivity index (χ1) is 24.2. The number of aromatic nitrogens is 2. The fourth-order valence-electron chi connectivity index (χ4n) is 8.27. The largest absolute Gasteiger partial charge is 0.305 e. The Labute approximate surface area is 280 Å². The minimum atomic E-state index is -0.796. The van der Waals surface area contributed by atoms with E-state index in [2.05, 4.69) is 6.07 Å². The molecule has 7 aromatic carbocycles. The van der Waals surface area contributed by atoms with E-state index in [0.717, 1.165) is 54.8 Å². The van der Waals surface area contributed by atoms with Crippen LogP contribution in [0.2, 0.25) is 0 Å². The highest BCUT2D eigenvalue weighted by molar-refractivity contribution is 6.11. The number of nitrogens with zero attached hydrogens (tertiary/aromatic N) is 3. The first-order valence-corrected chi connectivity index (χ1v) is 16.3. The summed E-state index contributed by atoms with van der Waals surface area (Å²) < 4.78 is 39.6. The molecule has 10 rings (SSSR count). The molecule has 2 heterocycles. The lowest BCUT2D eigenvalue weighted by Crippen LogP contribution is -2.16. The average Bonchev–Trinajstić information content (AvgIpc) is 3.78. The SMILES string of the molecule is N#Cc1c(C2c3ccccc3-c3ccccc32)c(F)c(-n2c3ccccc3c3ccccc32)c(F)c1-n1c2ccccc2c2ccccc21. The summed E-state index contributed by atoms with van der Waals surface area (Å²) in [5.41, 5.74) is 6.51. The van der Waals surface area contributed by atoms with E-state index in [4.69, 9.17) is 0 Å². The molecule has 230 valence electrons. The van der Waals surface area contributed by atoms with Gasteiger partial charge < -0.3 is 9.13 Å². The molecule has 1 aliphatic rings. The number of benzene rings is 7. The van der Waals surface area contributed by atoms with Crippen LogP contribution in [-0.2, 0) is 0 Å². The van der Waals surface area contributed by atoms with Gasteiger partial charge in [-0.15, -0.1) is 0 Å². The molecule has 0 N–H and O–H groups in total. The molecule has 0 atom stereocenters. The molecule has 0 radical (unpaired) electrons. The van der Waals surface area contributed by atoms with Crippen molar-refractivity contribution in [3.63, 3.8) is 0 Å². The maximum absolute atomic E-state index is 18.1. The molecule has 9 aromatic rings. The molecule has 3 nitrogen and oxygen atoms in total. The molecule has 0 saturated carbocycles. The molecule has 5 heteroatoms. The topological polar surface area (TPSA) is 33.6 Å². The van der Waals surface area contributed by atoms with E-state index in [-0.39, 0.29) is 22.5 Å². The predicted octanol–water partition coefficient (Wildman–Crippen LogP) is 11.2. The summed E-state index contributed by atoms with van der Waals surface area (Å²) in [4.78, 5) is 0. The van der Waals surface area contributed by atoms with E-state index in [0.29, 0.717) is 11.0 Å². The second-order valence-electron chi connectivity index (χ2n) is 12.6. The number of nitriles is 1. The van der Waals surface area contributed by atoms with Crippen LogP contribution in [0.3, 0.4) is 0 Å². The summed E-state index contributed by atoms with van der Waals surface area (Å²) in [6.07, 6.45) is 0. The van der Waals surface area contributed by atoms with Crippen molar-refractivity contribution in [2.45, 2.75) is 5.92 Å². The van der Waals surface area contributed by atoms with Gasteiger partial charge in [0, 0.05) is 33.0 Å². The average molecular weight is 634 g/mol. The van der Waals surface area contributed by atoms with Gasteiger partial charge in [-0.25, -0.2) is 8.78 Å². The zero-order valence-corrected chi connectivity index (χ0v) is 26.0. The molecule has 2 aromatic heterocycles. The van der Waals surface area contributed by atoms with Crippen LogP contribution in [0.4, 0.5) is 8.78 Å². The van der Waals surface area contributed by atoms with Gasteiger partial charge in [-0.05, 0) is 46.5 Å². The molecule has 0 saturated heterocycles. The van der Waals surface area contributed by atoms with Gasteiger partial charge in [0.25, 0.3) is 0 Å². The normalized spacial score (nSPS) is 12.6. The van der Waals surface area contributed by atoms with Crippen LogP contribution in [0.5, 0.6) is 0 Å². The molecule has 0 amide bonds. The monoisotopic (exact) mass is 633 g/mol. The van der Waals surface area contributed by atoms with Gasteiger partial charge in [0.05, 0.1) is 27.6 Å². The second kappa shape index (κ2) is 10.2. The highest BCUT2D eigenvalue weighted by atomic mass is 19.1. The smallest absolute Gasteiger partial charge is 0.175 e. The number of hydrogen-bond acceptors (Lipinski definition) is 1. The molecule has 0 spiro atoms. The number of hydrogen-bond donors (Lipinski definition) is 0. The van der Waals surface area contributed by atoms with Crippen molar-refractivity contribution in [2.75, 3.05) is 0 Å². The quantitative estimate of drug-likeness (QED) is 0.191. The summed E-state index contributed by atoms with van der Waals surface area (Å²) in [5.74, 6) is -2.18. The minimum absolute atomic E-state index is 0.0254. The molecule has 0 unspecified atom stereocenters. The number of para-hydroxylation sites is 4. The second-order valence-corrected chi connectivity index (χ2v) is 12.6. The van der Waals surface area contributed by atoms with Crippen molar-refractivity contribution >= 4 is 43.6 Å². The Morgan fingerprint density at radius 3 is 1.24 bits per heavy atom. The number of rotatable bonds is 3. The summed E-state index contributed by atoms with van der Waals surface area (Å²) in [6, 6.07) is 49.2. The molecule has 49 heavy (non-hydrogen) atoms. The zero-order valence-electron chi connectivity index (χ0n) is 26.0. The summed E-state index contributed by atoms with van der Waals surface area (Å²) in [7, 11) is 0. The first kappa shape index (κ1) is 27.6. The van der Waals surface area contributed by atoms with Crippen molar-refractivity contribution in [3.05, 3.63) is 179 Å². The lowest BCUT2D eigenvalue weighted by Gasteiger charge is -2.24. The van der Waals surface area contributed by atoms with Crippen LogP contribution in [0.25, 0.3) is 66.1 Å². The van der Waals surface area contributed by atoms with Crippen LogP contribution in [0.1, 0.15) is 28.2 Å². The van der Waals surface area contributed by atoms with Crippen molar-refractivity contribution in [1.29, 1.82) is 5.26 Å². The third-order valence-electron chi connectivity index (χ3n) is 10.2. The Kier molecular flexibility index (Phi) is 5.77. The van der Waals surface area contributed by atoms with Crippen LogP contribution in [0.15, 0.2) is 146 Å². The summed E-state index contributed by atoms with van der Waals surface area (Å²) in [6.45, 7) is 0. The third kappa shape index (κ3) is 3.63. The summed E-state index contributed by atoms with van der Waals surface area (Å²) in [5, 5.41) is 14.7. The van der Waals surface area contributed by atoms with Crippen molar-refractivity contribution < 1.29 is 8.78 Å². The van der Waals surface area contributed by atoms with E-state index in [1.165, 1.54) is 0 Å². The molecular weight excluding hydrogens is 609 g/mol. The molecule has 0 fully saturated rings. The lowest BCUT2D eigenvalue weighted by molar-refractivity contribution is 0.556. The van der Waals surface area contributed by atoms with E-state index < -0.39 is 17.6 Å². The van der Waals surface area contributed by atoms with Crippen molar-refractivity contribution in [2.24, 2.45) is 0 Å². The van der Waals surface area contributed by atoms with E-state index in [1.807, 2.05) is 150 Å².